The molecule has 2 aliphatic heterocycles. The van der Waals surface area contributed by atoms with Crippen molar-refractivity contribution in [2.24, 2.45) is 0 Å². The summed E-state index contributed by atoms with van der Waals surface area (Å²) in [5.41, 5.74) is 4.81. The fraction of sp³-hybridized carbons (Fsp3) is 0.391. The Morgan fingerprint density at radius 3 is 2.83 bits per heavy atom. The predicted molar refractivity (Wildman–Crippen MR) is 108 cm³/mol. The van der Waals surface area contributed by atoms with E-state index in [0.29, 0.717) is 18.1 Å². The van der Waals surface area contributed by atoms with Crippen molar-refractivity contribution in [3.8, 4) is 11.4 Å². The minimum Gasteiger partial charge on any atom is -0.379 e. The van der Waals surface area contributed by atoms with E-state index in [1.165, 1.54) is 16.7 Å². The zero-order valence-corrected chi connectivity index (χ0v) is 16.4. The van der Waals surface area contributed by atoms with E-state index in [0.717, 1.165) is 51.4 Å². The van der Waals surface area contributed by atoms with Crippen LogP contribution in [0, 0.1) is 0 Å². The molecule has 1 fully saturated rings. The van der Waals surface area contributed by atoms with E-state index in [1.807, 2.05) is 6.07 Å². The van der Waals surface area contributed by atoms with Gasteiger partial charge in [0.1, 0.15) is 0 Å². The highest BCUT2D eigenvalue weighted by molar-refractivity contribution is 5.55. The zero-order chi connectivity index (χ0) is 19.5. The second kappa shape index (κ2) is 8.45. The fourth-order valence-electron chi connectivity index (χ4n) is 4.09. The molecule has 6 heteroatoms. The summed E-state index contributed by atoms with van der Waals surface area (Å²) < 4.78 is 17.0. The molecule has 2 aromatic carbocycles. The van der Waals surface area contributed by atoms with Crippen molar-refractivity contribution < 1.29 is 14.0 Å². The Balaban J connectivity index is 1.30. The lowest BCUT2D eigenvalue weighted by Crippen LogP contribution is -2.35. The molecule has 3 heterocycles. The van der Waals surface area contributed by atoms with Gasteiger partial charge in [0.05, 0.1) is 32.3 Å². The van der Waals surface area contributed by atoms with Gasteiger partial charge < -0.3 is 14.0 Å². The number of morpholine rings is 1. The number of benzene rings is 2. The zero-order valence-electron chi connectivity index (χ0n) is 16.4. The molecule has 1 atom stereocenters. The molecule has 1 saturated heterocycles. The van der Waals surface area contributed by atoms with Crippen LogP contribution >= 0.6 is 0 Å². The van der Waals surface area contributed by atoms with Crippen LogP contribution in [-0.4, -0.2) is 48.0 Å². The molecule has 0 radical (unpaired) electrons. The van der Waals surface area contributed by atoms with Crippen molar-refractivity contribution in [3.05, 3.63) is 71.1 Å². The number of rotatable bonds is 5. The smallest absolute Gasteiger partial charge is 0.229 e. The van der Waals surface area contributed by atoms with E-state index in [2.05, 4.69) is 57.5 Å². The fourth-order valence-corrected chi connectivity index (χ4v) is 4.09. The third-order valence-corrected chi connectivity index (χ3v) is 5.62. The van der Waals surface area contributed by atoms with E-state index in [1.54, 1.807) is 0 Å². The van der Waals surface area contributed by atoms with Crippen LogP contribution < -0.4 is 0 Å². The van der Waals surface area contributed by atoms with Crippen molar-refractivity contribution in [3.63, 3.8) is 0 Å². The topological polar surface area (TPSA) is 60.6 Å². The molecule has 0 bridgehead atoms. The second-order valence-corrected chi connectivity index (χ2v) is 7.61. The summed E-state index contributed by atoms with van der Waals surface area (Å²) in [6.07, 6.45) is 1.52. The maximum atomic E-state index is 5.98. The number of fused-ring (bicyclic) bond motifs is 1. The summed E-state index contributed by atoms with van der Waals surface area (Å²) >= 11 is 0. The molecular formula is C23H25N3O3. The van der Waals surface area contributed by atoms with Crippen LogP contribution in [0.15, 0.2) is 53.1 Å². The normalized spacial score (nSPS) is 19.8. The first-order valence-corrected chi connectivity index (χ1v) is 10.3. The molecule has 0 spiro atoms. The first-order valence-electron chi connectivity index (χ1n) is 10.3. The van der Waals surface area contributed by atoms with Crippen LogP contribution in [0.4, 0.5) is 0 Å². The summed E-state index contributed by atoms with van der Waals surface area (Å²) in [6.45, 7) is 5.19. The van der Waals surface area contributed by atoms with Gasteiger partial charge in [-0.2, -0.15) is 4.98 Å². The molecule has 150 valence electrons. The third-order valence-electron chi connectivity index (χ3n) is 5.62. The van der Waals surface area contributed by atoms with Crippen LogP contribution in [0.1, 0.15) is 28.7 Å². The minimum atomic E-state index is -0.0269. The Morgan fingerprint density at radius 2 is 1.90 bits per heavy atom. The standard InChI is InChI=1S/C23H25N3O3/c1-2-7-20-18(5-1)8-11-28-21(20)15-22-24-23(25-29-22)19-6-3-4-17(14-19)16-26-9-12-27-13-10-26/h1-7,14,21H,8-13,15-16H2/t21-/m1/s1. The van der Waals surface area contributed by atoms with E-state index >= 15 is 0 Å². The Labute approximate surface area is 170 Å². The molecular weight excluding hydrogens is 366 g/mol. The van der Waals surface area contributed by atoms with Crippen LogP contribution in [-0.2, 0) is 28.9 Å². The molecule has 1 aromatic heterocycles. The molecule has 5 rings (SSSR count). The highest BCUT2D eigenvalue weighted by atomic mass is 16.5. The van der Waals surface area contributed by atoms with Gasteiger partial charge in [0, 0.05) is 25.2 Å². The Hall–Kier alpha value is -2.54. The van der Waals surface area contributed by atoms with Crippen molar-refractivity contribution >= 4 is 0 Å². The lowest BCUT2D eigenvalue weighted by Gasteiger charge is -2.26. The van der Waals surface area contributed by atoms with Gasteiger partial charge in [0.15, 0.2) is 0 Å². The molecule has 3 aromatic rings. The Morgan fingerprint density at radius 1 is 1.00 bits per heavy atom. The van der Waals surface area contributed by atoms with Gasteiger partial charge in [-0.05, 0) is 29.2 Å². The largest absolute Gasteiger partial charge is 0.379 e. The lowest BCUT2D eigenvalue weighted by molar-refractivity contribution is 0.0342. The van der Waals surface area contributed by atoms with Crippen LogP contribution in [0.25, 0.3) is 11.4 Å². The summed E-state index contributed by atoms with van der Waals surface area (Å²) in [5, 5.41) is 4.22. The number of hydrogen-bond donors (Lipinski definition) is 0. The summed E-state index contributed by atoms with van der Waals surface area (Å²) in [5.74, 6) is 1.24. The van der Waals surface area contributed by atoms with Gasteiger partial charge in [-0.25, -0.2) is 0 Å². The van der Waals surface area contributed by atoms with Gasteiger partial charge in [-0.3, -0.25) is 4.90 Å². The maximum absolute atomic E-state index is 5.98. The minimum absolute atomic E-state index is 0.0269. The average molecular weight is 391 g/mol. The molecule has 0 saturated carbocycles. The summed E-state index contributed by atoms with van der Waals surface area (Å²) in [7, 11) is 0. The van der Waals surface area contributed by atoms with Gasteiger partial charge in [-0.15, -0.1) is 0 Å². The Kier molecular flexibility index (Phi) is 5.39. The summed E-state index contributed by atoms with van der Waals surface area (Å²) in [4.78, 5) is 7.05. The molecule has 0 aliphatic carbocycles. The maximum Gasteiger partial charge on any atom is 0.229 e. The van der Waals surface area contributed by atoms with Crippen LogP contribution in [0.5, 0.6) is 0 Å². The lowest BCUT2D eigenvalue weighted by atomic mass is 9.96. The predicted octanol–water partition coefficient (Wildman–Crippen LogP) is 3.43. The first kappa shape index (κ1) is 18.5. The van der Waals surface area contributed by atoms with Gasteiger partial charge in [0.25, 0.3) is 0 Å². The van der Waals surface area contributed by atoms with E-state index in [4.69, 9.17) is 14.0 Å². The molecule has 29 heavy (non-hydrogen) atoms. The monoisotopic (exact) mass is 391 g/mol. The number of hydrogen-bond acceptors (Lipinski definition) is 6. The van der Waals surface area contributed by atoms with Crippen LogP contribution in [0.2, 0.25) is 0 Å². The molecule has 0 N–H and O–H groups in total. The first-order chi connectivity index (χ1) is 14.3. The highest BCUT2D eigenvalue weighted by Crippen LogP contribution is 2.30. The van der Waals surface area contributed by atoms with Crippen LogP contribution in [0.3, 0.4) is 0 Å². The van der Waals surface area contributed by atoms with Crippen molar-refractivity contribution in [2.45, 2.75) is 25.5 Å². The third kappa shape index (κ3) is 4.24. The SMILES string of the molecule is c1cc(CN2CCOCC2)cc(-c2noc(C[C@H]3OCCc4ccccc43)n2)c1. The quantitative estimate of drug-likeness (QED) is 0.664. The van der Waals surface area contributed by atoms with Gasteiger partial charge >= 0.3 is 0 Å². The molecule has 2 aliphatic rings. The molecule has 0 unspecified atom stereocenters. The highest BCUT2D eigenvalue weighted by Gasteiger charge is 2.23. The van der Waals surface area contributed by atoms with Gasteiger partial charge in [-0.1, -0.05) is 47.6 Å². The van der Waals surface area contributed by atoms with Crippen molar-refractivity contribution in [1.82, 2.24) is 15.0 Å². The number of ether oxygens (including phenoxy) is 2. The van der Waals surface area contributed by atoms with E-state index in [-0.39, 0.29) is 6.10 Å². The average Bonchev–Trinajstić information content (AvgIpc) is 3.24. The molecule has 0 amide bonds. The van der Waals surface area contributed by atoms with E-state index < -0.39 is 0 Å². The van der Waals surface area contributed by atoms with E-state index in [9.17, 15) is 0 Å². The summed E-state index contributed by atoms with van der Waals surface area (Å²) in [6, 6.07) is 16.8. The Bertz CT molecular complexity index is 965. The van der Waals surface area contributed by atoms with Crippen molar-refractivity contribution in [2.75, 3.05) is 32.9 Å². The van der Waals surface area contributed by atoms with Crippen molar-refractivity contribution in [1.29, 1.82) is 0 Å². The number of nitrogens with zero attached hydrogens (tertiary/aromatic N) is 3. The van der Waals surface area contributed by atoms with Gasteiger partial charge in [0.2, 0.25) is 11.7 Å². The molecule has 6 nitrogen and oxygen atoms in total. The second-order valence-electron chi connectivity index (χ2n) is 7.61. The number of aromatic nitrogens is 2.